The number of hydrogen-bond donors (Lipinski definition) is 1. The fourth-order valence-electron chi connectivity index (χ4n) is 1.20. The second-order valence-corrected chi connectivity index (χ2v) is 5.24. The SMILES string of the molecule is COC(=O)CC(NCCCCl)C(=O)OC(C)(C)C. The Morgan fingerprint density at radius 1 is 1.33 bits per heavy atom. The van der Waals surface area contributed by atoms with Gasteiger partial charge in [-0.3, -0.25) is 9.59 Å². The quantitative estimate of drug-likeness (QED) is 0.434. The summed E-state index contributed by atoms with van der Waals surface area (Å²) in [5.41, 5.74) is -0.584. The lowest BCUT2D eigenvalue weighted by atomic mass is 10.1. The van der Waals surface area contributed by atoms with Gasteiger partial charge in [0.25, 0.3) is 0 Å². The number of nitrogens with one attached hydrogen (secondary N) is 1. The fourth-order valence-corrected chi connectivity index (χ4v) is 1.34. The van der Waals surface area contributed by atoms with E-state index in [0.717, 1.165) is 0 Å². The van der Waals surface area contributed by atoms with Gasteiger partial charge in [0, 0.05) is 5.88 Å². The molecule has 0 aromatic rings. The van der Waals surface area contributed by atoms with Gasteiger partial charge in [-0.2, -0.15) is 0 Å². The summed E-state index contributed by atoms with van der Waals surface area (Å²) < 4.78 is 9.79. The molecule has 0 fully saturated rings. The molecule has 0 rings (SSSR count). The van der Waals surface area contributed by atoms with Crippen LogP contribution in [-0.4, -0.2) is 43.1 Å². The molecule has 0 bridgehead atoms. The van der Waals surface area contributed by atoms with Crippen LogP contribution in [0.1, 0.15) is 33.6 Å². The average molecular weight is 280 g/mol. The maximum atomic E-state index is 11.9. The number of rotatable bonds is 7. The largest absolute Gasteiger partial charge is 0.469 e. The molecule has 0 amide bonds. The van der Waals surface area contributed by atoms with E-state index in [1.54, 1.807) is 20.8 Å². The highest BCUT2D eigenvalue weighted by molar-refractivity contribution is 6.17. The van der Waals surface area contributed by atoms with Crippen LogP contribution in [0.4, 0.5) is 0 Å². The molecule has 106 valence electrons. The lowest BCUT2D eigenvalue weighted by Crippen LogP contribution is -2.43. The summed E-state index contributed by atoms with van der Waals surface area (Å²) >= 11 is 5.56. The Labute approximate surface area is 113 Å². The molecule has 0 aromatic carbocycles. The highest BCUT2D eigenvalue weighted by atomic mass is 35.5. The van der Waals surface area contributed by atoms with E-state index >= 15 is 0 Å². The van der Waals surface area contributed by atoms with Gasteiger partial charge in [-0.25, -0.2) is 0 Å². The number of esters is 2. The summed E-state index contributed by atoms with van der Waals surface area (Å²) in [6.07, 6.45) is 0.662. The van der Waals surface area contributed by atoms with Crippen LogP contribution in [0.3, 0.4) is 0 Å². The van der Waals surface area contributed by atoms with Crippen molar-refractivity contribution in [2.45, 2.75) is 45.3 Å². The molecule has 1 atom stereocenters. The predicted octanol–water partition coefficient (Wildman–Crippen LogP) is 1.48. The van der Waals surface area contributed by atoms with Gasteiger partial charge in [0.15, 0.2) is 0 Å². The molecule has 0 radical (unpaired) electrons. The molecule has 0 saturated carbocycles. The number of hydrogen-bond acceptors (Lipinski definition) is 5. The first-order valence-electron chi connectivity index (χ1n) is 5.89. The molecule has 6 heteroatoms. The van der Waals surface area contributed by atoms with Crippen LogP contribution in [0.2, 0.25) is 0 Å². The Balaban J connectivity index is 4.43. The van der Waals surface area contributed by atoms with E-state index in [-0.39, 0.29) is 6.42 Å². The van der Waals surface area contributed by atoms with Gasteiger partial charge in [-0.15, -0.1) is 11.6 Å². The molecule has 18 heavy (non-hydrogen) atoms. The normalized spacial score (nSPS) is 12.9. The van der Waals surface area contributed by atoms with Crippen molar-refractivity contribution in [2.24, 2.45) is 0 Å². The third-order valence-electron chi connectivity index (χ3n) is 1.99. The average Bonchev–Trinajstić information content (AvgIpc) is 2.25. The van der Waals surface area contributed by atoms with E-state index in [1.165, 1.54) is 7.11 Å². The predicted molar refractivity (Wildman–Crippen MR) is 69.6 cm³/mol. The van der Waals surface area contributed by atoms with Crippen LogP contribution in [0.15, 0.2) is 0 Å². The maximum Gasteiger partial charge on any atom is 0.324 e. The first-order chi connectivity index (χ1) is 8.30. The third kappa shape index (κ3) is 8.31. The minimum atomic E-state index is -0.695. The van der Waals surface area contributed by atoms with Crippen LogP contribution >= 0.6 is 11.6 Å². The van der Waals surface area contributed by atoms with Crippen LogP contribution in [0, 0.1) is 0 Å². The monoisotopic (exact) mass is 279 g/mol. The number of ether oxygens (including phenoxy) is 2. The fraction of sp³-hybridized carbons (Fsp3) is 0.833. The van der Waals surface area contributed by atoms with Crippen molar-refractivity contribution < 1.29 is 19.1 Å². The van der Waals surface area contributed by atoms with Crippen LogP contribution in [-0.2, 0) is 19.1 Å². The smallest absolute Gasteiger partial charge is 0.324 e. The second kappa shape index (κ2) is 8.32. The maximum absolute atomic E-state index is 11.9. The Morgan fingerprint density at radius 3 is 2.39 bits per heavy atom. The molecule has 0 spiro atoms. The van der Waals surface area contributed by atoms with Crippen molar-refractivity contribution in [2.75, 3.05) is 19.5 Å². The van der Waals surface area contributed by atoms with E-state index < -0.39 is 23.6 Å². The molecule has 0 aliphatic heterocycles. The number of carbonyl (C=O) groups excluding carboxylic acids is 2. The van der Waals surface area contributed by atoms with Crippen molar-refractivity contribution in [1.29, 1.82) is 0 Å². The molecule has 0 aliphatic rings. The van der Waals surface area contributed by atoms with Gasteiger partial charge in [-0.1, -0.05) is 0 Å². The summed E-state index contributed by atoms with van der Waals surface area (Å²) in [4.78, 5) is 23.1. The summed E-state index contributed by atoms with van der Waals surface area (Å²) in [6.45, 7) is 5.88. The number of carbonyl (C=O) groups is 2. The minimum absolute atomic E-state index is 0.0479. The first-order valence-corrected chi connectivity index (χ1v) is 6.42. The number of methoxy groups -OCH3 is 1. The molecule has 0 aromatic heterocycles. The molecule has 1 N–H and O–H groups in total. The highest BCUT2D eigenvalue weighted by Crippen LogP contribution is 2.10. The Hall–Kier alpha value is -0.810. The van der Waals surface area contributed by atoms with Crippen LogP contribution in [0.25, 0.3) is 0 Å². The van der Waals surface area contributed by atoms with Crippen molar-refractivity contribution in [3.63, 3.8) is 0 Å². The Bertz CT molecular complexity index is 276. The van der Waals surface area contributed by atoms with Gasteiger partial charge in [-0.05, 0) is 33.7 Å². The van der Waals surface area contributed by atoms with Crippen molar-refractivity contribution >= 4 is 23.5 Å². The van der Waals surface area contributed by atoms with Crippen LogP contribution < -0.4 is 5.32 Å². The van der Waals surface area contributed by atoms with Crippen molar-refractivity contribution in [1.82, 2.24) is 5.32 Å². The molecular weight excluding hydrogens is 258 g/mol. The van der Waals surface area contributed by atoms with E-state index in [0.29, 0.717) is 18.8 Å². The molecule has 0 heterocycles. The lowest BCUT2D eigenvalue weighted by molar-refractivity contribution is -0.160. The molecule has 0 saturated heterocycles. The molecule has 1 unspecified atom stereocenters. The van der Waals surface area contributed by atoms with E-state index in [4.69, 9.17) is 16.3 Å². The molecule has 5 nitrogen and oxygen atoms in total. The number of alkyl halides is 1. The summed E-state index contributed by atoms with van der Waals surface area (Å²) in [6, 6.07) is -0.695. The topological polar surface area (TPSA) is 64.6 Å². The standard InChI is InChI=1S/C12H22ClNO4/c1-12(2,3)18-11(16)9(8-10(15)17-4)14-7-5-6-13/h9,14H,5-8H2,1-4H3. The summed E-state index contributed by atoms with van der Waals surface area (Å²) in [5, 5.41) is 2.95. The summed E-state index contributed by atoms with van der Waals surface area (Å²) in [7, 11) is 1.28. The number of halogens is 1. The van der Waals surface area contributed by atoms with E-state index in [2.05, 4.69) is 10.1 Å². The van der Waals surface area contributed by atoms with Gasteiger partial charge >= 0.3 is 11.9 Å². The Kier molecular flexibility index (Phi) is 7.95. The van der Waals surface area contributed by atoms with Gasteiger partial charge in [0.2, 0.25) is 0 Å². The third-order valence-corrected chi connectivity index (χ3v) is 2.26. The van der Waals surface area contributed by atoms with Gasteiger partial charge < -0.3 is 14.8 Å². The summed E-state index contributed by atoms with van der Waals surface area (Å²) in [5.74, 6) is -0.418. The van der Waals surface area contributed by atoms with Crippen molar-refractivity contribution in [3.8, 4) is 0 Å². The zero-order valence-electron chi connectivity index (χ0n) is 11.4. The van der Waals surface area contributed by atoms with Gasteiger partial charge in [0.05, 0.1) is 13.5 Å². The first kappa shape index (κ1) is 17.2. The molecule has 0 aliphatic carbocycles. The molecular formula is C12H22ClNO4. The zero-order valence-corrected chi connectivity index (χ0v) is 12.2. The van der Waals surface area contributed by atoms with Crippen molar-refractivity contribution in [3.05, 3.63) is 0 Å². The van der Waals surface area contributed by atoms with Gasteiger partial charge in [0.1, 0.15) is 11.6 Å². The van der Waals surface area contributed by atoms with Crippen LogP contribution in [0.5, 0.6) is 0 Å². The second-order valence-electron chi connectivity index (χ2n) is 4.86. The van der Waals surface area contributed by atoms with E-state index in [9.17, 15) is 9.59 Å². The van der Waals surface area contributed by atoms with E-state index in [1.807, 2.05) is 0 Å². The minimum Gasteiger partial charge on any atom is -0.469 e. The lowest BCUT2D eigenvalue weighted by Gasteiger charge is -2.24. The zero-order chi connectivity index (χ0) is 14.2. The highest BCUT2D eigenvalue weighted by Gasteiger charge is 2.27. The Morgan fingerprint density at radius 2 is 1.94 bits per heavy atom.